The molecule has 0 unspecified atom stereocenters. The molecule has 0 saturated heterocycles. The number of nitrogens with zero attached hydrogens (tertiary/aromatic N) is 4. The second kappa shape index (κ2) is 14.1. The van der Waals surface area contributed by atoms with E-state index in [4.69, 9.17) is 19.7 Å². The molecule has 0 N–H and O–H groups in total. The number of rotatable bonds is 6. The molecule has 11 rings (SSSR count). The molecule has 280 valence electrons. The van der Waals surface area contributed by atoms with Crippen molar-refractivity contribution in [3.8, 4) is 79.0 Å². The molecule has 59 heavy (non-hydrogen) atoms. The molecule has 2 aromatic heterocycles. The van der Waals surface area contributed by atoms with Gasteiger partial charge in [-0.25, -0.2) is 15.0 Å². The standard InChI is InChI=1S/C54H38N4O/c1-34-16-9-10-21-40(34)45-32-38(29-28-35(45)2)41-24-15-27-48-50(41)49-39(33-59-48)30-31-44(51(49)58-46-25-13-11-22-42(46)43-23-12-14-26-47(43)58)54-56-52(36-17-5-3-6-18-36)55-53(57-54)37-19-7-4-8-20-37/h3-32H,33H2,1-2H3. The lowest BCUT2D eigenvalue weighted by Gasteiger charge is -2.28. The molecule has 0 amide bonds. The molecule has 5 nitrogen and oxygen atoms in total. The van der Waals surface area contributed by atoms with Gasteiger partial charge in [-0.2, -0.15) is 0 Å². The van der Waals surface area contributed by atoms with Crippen LogP contribution in [0.1, 0.15) is 16.7 Å². The van der Waals surface area contributed by atoms with Gasteiger partial charge in [-0.3, -0.25) is 0 Å². The van der Waals surface area contributed by atoms with E-state index in [1.807, 2.05) is 36.4 Å². The Labute approximate surface area is 342 Å². The first-order valence-corrected chi connectivity index (χ1v) is 20.1. The summed E-state index contributed by atoms with van der Waals surface area (Å²) in [4.78, 5) is 15.7. The van der Waals surface area contributed by atoms with Gasteiger partial charge in [-0.05, 0) is 83.1 Å². The summed E-state index contributed by atoms with van der Waals surface area (Å²) in [5.74, 6) is 2.68. The molecular formula is C54H38N4O. The quantitative estimate of drug-likeness (QED) is 0.169. The molecule has 3 heterocycles. The second-order valence-corrected chi connectivity index (χ2v) is 15.2. The van der Waals surface area contributed by atoms with Crippen LogP contribution in [0.5, 0.6) is 5.75 Å². The first-order chi connectivity index (χ1) is 29.1. The van der Waals surface area contributed by atoms with Gasteiger partial charge < -0.3 is 9.30 Å². The largest absolute Gasteiger partial charge is 0.488 e. The molecule has 10 aromatic rings. The predicted molar refractivity (Wildman–Crippen MR) is 241 cm³/mol. The van der Waals surface area contributed by atoms with Crippen LogP contribution in [0.25, 0.3) is 95.0 Å². The maximum atomic E-state index is 6.67. The van der Waals surface area contributed by atoms with E-state index >= 15 is 0 Å². The van der Waals surface area contributed by atoms with Crippen LogP contribution in [0.3, 0.4) is 0 Å². The van der Waals surface area contributed by atoms with Gasteiger partial charge in [0.05, 0.1) is 16.7 Å². The van der Waals surface area contributed by atoms with E-state index in [9.17, 15) is 0 Å². The van der Waals surface area contributed by atoms with Gasteiger partial charge in [0, 0.05) is 38.6 Å². The molecule has 8 aromatic carbocycles. The summed E-state index contributed by atoms with van der Waals surface area (Å²) in [7, 11) is 0. The molecule has 1 aliphatic heterocycles. The summed E-state index contributed by atoms with van der Waals surface area (Å²) in [6, 6.07) is 64.0. The summed E-state index contributed by atoms with van der Waals surface area (Å²) >= 11 is 0. The maximum absolute atomic E-state index is 6.67. The number of aromatic nitrogens is 4. The van der Waals surface area contributed by atoms with E-state index in [1.54, 1.807) is 0 Å². The Hall–Kier alpha value is -7.63. The lowest BCUT2D eigenvalue weighted by atomic mass is 9.85. The molecule has 5 heteroatoms. The van der Waals surface area contributed by atoms with E-state index in [2.05, 4.69) is 164 Å². The van der Waals surface area contributed by atoms with Crippen molar-refractivity contribution in [1.29, 1.82) is 0 Å². The van der Waals surface area contributed by atoms with Gasteiger partial charge in [0.1, 0.15) is 12.4 Å². The number of hydrogen-bond donors (Lipinski definition) is 0. The molecule has 0 radical (unpaired) electrons. The highest BCUT2D eigenvalue weighted by Gasteiger charge is 2.30. The number of para-hydroxylation sites is 2. The minimum Gasteiger partial charge on any atom is -0.488 e. The van der Waals surface area contributed by atoms with Crippen molar-refractivity contribution in [1.82, 2.24) is 19.5 Å². The molecule has 1 aliphatic rings. The van der Waals surface area contributed by atoms with E-state index in [1.165, 1.54) is 33.0 Å². The van der Waals surface area contributed by atoms with Gasteiger partial charge in [-0.1, -0.05) is 152 Å². The van der Waals surface area contributed by atoms with Crippen molar-refractivity contribution in [2.45, 2.75) is 20.5 Å². The van der Waals surface area contributed by atoms with Crippen molar-refractivity contribution < 1.29 is 4.74 Å². The van der Waals surface area contributed by atoms with Gasteiger partial charge in [0.25, 0.3) is 0 Å². The van der Waals surface area contributed by atoms with Gasteiger partial charge in [0.2, 0.25) is 0 Å². The molecule has 0 aliphatic carbocycles. The van der Waals surface area contributed by atoms with Crippen molar-refractivity contribution in [2.24, 2.45) is 0 Å². The number of hydrogen-bond acceptors (Lipinski definition) is 4. The summed E-state index contributed by atoms with van der Waals surface area (Å²) in [5, 5.41) is 2.36. The normalized spacial score (nSPS) is 12.0. The Morgan fingerprint density at radius 3 is 1.68 bits per heavy atom. The topological polar surface area (TPSA) is 52.8 Å². The number of fused-ring (bicyclic) bond motifs is 6. The third-order valence-corrected chi connectivity index (χ3v) is 11.7. The molecule has 0 bridgehead atoms. The van der Waals surface area contributed by atoms with E-state index in [0.29, 0.717) is 24.1 Å². The summed E-state index contributed by atoms with van der Waals surface area (Å²) in [5.41, 5.74) is 16.4. The Morgan fingerprint density at radius 1 is 0.424 bits per heavy atom. The molecule has 0 fully saturated rings. The fraction of sp³-hybridized carbons (Fsp3) is 0.0556. The molecule has 0 atom stereocenters. The summed E-state index contributed by atoms with van der Waals surface area (Å²) in [6.07, 6.45) is 0. The maximum Gasteiger partial charge on any atom is 0.166 e. The highest BCUT2D eigenvalue weighted by atomic mass is 16.5. The average molecular weight is 759 g/mol. The SMILES string of the molecule is Cc1ccccc1-c1cc(-c2cccc3c2-c2c(ccc(-c4nc(-c5ccccc5)nc(-c5ccccc5)n4)c2-n2c4ccccc4c4ccccc42)CO3)ccc1C. The summed E-state index contributed by atoms with van der Waals surface area (Å²) in [6.45, 7) is 4.81. The van der Waals surface area contributed by atoms with E-state index in [-0.39, 0.29) is 0 Å². The third-order valence-electron chi connectivity index (χ3n) is 11.7. The van der Waals surface area contributed by atoms with Crippen LogP contribution < -0.4 is 4.74 Å². The van der Waals surface area contributed by atoms with Gasteiger partial charge in [-0.15, -0.1) is 0 Å². The van der Waals surface area contributed by atoms with Crippen molar-refractivity contribution in [2.75, 3.05) is 0 Å². The Kier molecular flexibility index (Phi) is 8.26. The van der Waals surface area contributed by atoms with Crippen LogP contribution >= 0.6 is 0 Å². The zero-order chi connectivity index (χ0) is 39.5. The van der Waals surface area contributed by atoms with Crippen LogP contribution in [0, 0.1) is 13.8 Å². The zero-order valence-corrected chi connectivity index (χ0v) is 32.7. The Balaban J connectivity index is 1.25. The first kappa shape index (κ1) is 34.6. The highest BCUT2D eigenvalue weighted by Crippen LogP contribution is 2.51. The predicted octanol–water partition coefficient (Wildman–Crippen LogP) is 13.5. The fourth-order valence-corrected chi connectivity index (χ4v) is 8.80. The lowest BCUT2D eigenvalue weighted by molar-refractivity contribution is 0.302. The Bertz CT molecular complexity index is 3130. The minimum atomic E-state index is 0.431. The smallest absolute Gasteiger partial charge is 0.166 e. The average Bonchev–Trinajstić information content (AvgIpc) is 3.63. The molecule has 0 spiro atoms. The monoisotopic (exact) mass is 758 g/mol. The number of ether oxygens (including phenoxy) is 1. The van der Waals surface area contributed by atoms with Crippen molar-refractivity contribution in [3.05, 3.63) is 199 Å². The number of benzene rings is 8. The van der Waals surface area contributed by atoms with Crippen LogP contribution in [0.4, 0.5) is 0 Å². The van der Waals surface area contributed by atoms with Crippen LogP contribution in [0.15, 0.2) is 182 Å². The lowest BCUT2D eigenvalue weighted by Crippen LogP contribution is -2.12. The highest BCUT2D eigenvalue weighted by molar-refractivity contribution is 6.11. The Morgan fingerprint density at radius 2 is 1.00 bits per heavy atom. The molecular weight excluding hydrogens is 721 g/mol. The first-order valence-electron chi connectivity index (χ1n) is 20.1. The van der Waals surface area contributed by atoms with E-state index < -0.39 is 0 Å². The second-order valence-electron chi connectivity index (χ2n) is 15.2. The van der Waals surface area contributed by atoms with Crippen LogP contribution in [-0.4, -0.2) is 19.5 Å². The number of aryl methyl sites for hydroxylation is 2. The van der Waals surface area contributed by atoms with Crippen LogP contribution in [0.2, 0.25) is 0 Å². The third kappa shape index (κ3) is 5.81. The fourth-order valence-electron chi connectivity index (χ4n) is 8.80. The molecule has 0 saturated carbocycles. The van der Waals surface area contributed by atoms with Crippen molar-refractivity contribution >= 4 is 21.8 Å². The van der Waals surface area contributed by atoms with Gasteiger partial charge in [0.15, 0.2) is 17.5 Å². The summed E-state index contributed by atoms with van der Waals surface area (Å²) < 4.78 is 9.09. The zero-order valence-electron chi connectivity index (χ0n) is 32.7. The van der Waals surface area contributed by atoms with Crippen molar-refractivity contribution in [3.63, 3.8) is 0 Å². The van der Waals surface area contributed by atoms with Crippen LogP contribution in [-0.2, 0) is 6.61 Å². The van der Waals surface area contributed by atoms with Gasteiger partial charge >= 0.3 is 0 Å². The minimum absolute atomic E-state index is 0.431. The van der Waals surface area contributed by atoms with E-state index in [0.717, 1.165) is 67.0 Å².